The standard InChI is InChI=1S/C17H21NS.C3H9N/c1-3-16(18)12-13-4-6-14(7-5-13)15-8-10-17(19-2)11-9-15;1-2-3-4/h4-11,16H,3,12,18H2,1-2H3;2-4H2,1H3. The summed E-state index contributed by atoms with van der Waals surface area (Å²) in [5, 5.41) is 0. The molecule has 2 aromatic rings. The summed E-state index contributed by atoms with van der Waals surface area (Å²) in [6.07, 6.45) is 5.18. The van der Waals surface area contributed by atoms with Crippen LogP contribution in [0.2, 0.25) is 0 Å². The zero-order chi connectivity index (χ0) is 17.1. The van der Waals surface area contributed by atoms with E-state index in [1.54, 1.807) is 11.8 Å². The highest BCUT2D eigenvalue weighted by atomic mass is 32.2. The summed E-state index contributed by atoms with van der Waals surface area (Å²) in [6.45, 7) is 5.01. The quantitative estimate of drug-likeness (QED) is 0.754. The molecule has 0 heterocycles. The van der Waals surface area contributed by atoms with Gasteiger partial charge in [0.1, 0.15) is 0 Å². The van der Waals surface area contributed by atoms with E-state index in [2.05, 4.69) is 68.6 Å². The number of nitrogens with two attached hydrogens (primary N) is 2. The lowest BCUT2D eigenvalue weighted by molar-refractivity contribution is 0.646. The molecule has 4 N–H and O–H groups in total. The van der Waals surface area contributed by atoms with Crippen molar-refractivity contribution >= 4 is 11.8 Å². The van der Waals surface area contributed by atoms with Crippen molar-refractivity contribution in [3.8, 4) is 11.1 Å². The zero-order valence-electron chi connectivity index (χ0n) is 14.6. The van der Waals surface area contributed by atoms with Gasteiger partial charge in [-0.15, -0.1) is 11.8 Å². The van der Waals surface area contributed by atoms with Crippen LogP contribution in [0.3, 0.4) is 0 Å². The van der Waals surface area contributed by atoms with Gasteiger partial charge in [0, 0.05) is 10.9 Å². The molecule has 0 bridgehead atoms. The molecule has 0 aliphatic heterocycles. The van der Waals surface area contributed by atoms with E-state index < -0.39 is 0 Å². The highest BCUT2D eigenvalue weighted by Gasteiger charge is 2.02. The minimum absolute atomic E-state index is 0.270. The Bertz CT molecular complexity index is 533. The van der Waals surface area contributed by atoms with Gasteiger partial charge in [0.15, 0.2) is 0 Å². The van der Waals surface area contributed by atoms with Crippen molar-refractivity contribution in [2.45, 2.75) is 44.0 Å². The summed E-state index contributed by atoms with van der Waals surface area (Å²) in [6, 6.07) is 17.7. The lowest BCUT2D eigenvalue weighted by Crippen LogP contribution is -2.21. The van der Waals surface area contributed by atoms with Crippen LogP contribution in [0.4, 0.5) is 0 Å². The average Bonchev–Trinajstić information content (AvgIpc) is 2.62. The molecule has 2 rings (SSSR count). The fourth-order valence-corrected chi connectivity index (χ4v) is 2.47. The Morgan fingerprint density at radius 2 is 1.39 bits per heavy atom. The number of hydrogen-bond acceptors (Lipinski definition) is 3. The summed E-state index contributed by atoms with van der Waals surface area (Å²) in [7, 11) is 0. The van der Waals surface area contributed by atoms with Crippen molar-refractivity contribution in [1.29, 1.82) is 0 Å². The summed E-state index contributed by atoms with van der Waals surface area (Å²) >= 11 is 1.77. The lowest BCUT2D eigenvalue weighted by Gasteiger charge is -2.09. The van der Waals surface area contributed by atoms with Crippen LogP contribution in [-0.2, 0) is 6.42 Å². The van der Waals surface area contributed by atoms with Crippen molar-refractivity contribution in [1.82, 2.24) is 0 Å². The SMILES string of the molecule is CCC(N)Cc1ccc(-c2ccc(SC)cc2)cc1.CCCN. The molecule has 0 aromatic heterocycles. The molecule has 1 atom stereocenters. The first-order valence-corrected chi connectivity index (χ1v) is 9.56. The smallest absolute Gasteiger partial charge is 0.00766 e. The molecule has 3 heteroatoms. The molecule has 0 amide bonds. The summed E-state index contributed by atoms with van der Waals surface area (Å²) in [4.78, 5) is 1.30. The van der Waals surface area contributed by atoms with Gasteiger partial charge in [-0.05, 0) is 60.9 Å². The third kappa shape index (κ3) is 7.21. The van der Waals surface area contributed by atoms with Gasteiger partial charge in [-0.25, -0.2) is 0 Å². The molecule has 23 heavy (non-hydrogen) atoms. The minimum Gasteiger partial charge on any atom is -0.330 e. The van der Waals surface area contributed by atoms with Crippen molar-refractivity contribution < 1.29 is 0 Å². The van der Waals surface area contributed by atoms with Gasteiger partial charge < -0.3 is 11.5 Å². The maximum absolute atomic E-state index is 5.98. The molecule has 0 aliphatic rings. The Labute approximate surface area is 145 Å². The summed E-state index contributed by atoms with van der Waals surface area (Å²) in [5.41, 5.74) is 14.9. The fourth-order valence-electron chi connectivity index (χ4n) is 2.06. The molecule has 2 aromatic carbocycles. The monoisotopic (exact) mass is 330 g/mol. The van der Waals surface area contributed by atoms with Crippen molar-refractivity contribution in [3.05, 3.63) is 54.1 Å². The molecular formula is C20H30N2S. The van der Waals surface area contributed by atoms with E-state index in [9.17, 15) is 0 Å². The van der Waals surface area contributed by atoms with Gasteiger partial charge in [0.05, 0.1) is 0 Å². The molecule has 0 saturated heterocycles. The fraction of sp³-hybridized carbons (Fsp3) is 0.400. The van der Waals surface area contributed by atoms with Crippen LogP contribution >= 0.6 is 11.8 Å². The second kappa shape index (κ2) is 11.3. The molecule has 0 saturated carbocycles. The zero-order valence-corrected chi connectivity index (χ0v) is 15.4. The van der Waals surface area contributed by atoms with Crippen LogP contribution in [0.15, 0.2) is 53.4 Å². The van der Waals surface area contributed by atoms with E-state index in [1.165, 1.54) is 21.6 Å². The molecule has 2 nitrogen and oxygen atoms in total. The predicted octanol–water partition coefficient (Wildman–Crippen LogP) is 4.71. The molecular weight excluding hydrogens is 300 g/mol. The second-order valence-electron chi connectivity index (χ2n) is 5.59. The largest absolute Gasteiger partial charge is 0.330 e. The Morgan fingerprint density at radius 1 is 0.913 bits per heavy atom. The van der Waals surface area contributed by atoms with Crippen molar-refractivity contribution in [2.24, 2.45) is 11.5 Å². The molecule has 0 aliphatic carbocycles. The first kappa shape index (κ1) is 19.8. The highest BCUT2D eigenvalue weighted by Crippen LogP contribution is 2.23. The third-order valence-corrected chi connectivity index (χ3v) is 4.43. The third-order valence-electron chi connectivity index (χ3n) is 3.69. The van der Waals surface area contributed by atoms with Crippen molar-refractivity contribution in [2.75, 3.05) is 12.8 Å². The van der Waals surface area contributed by atoms with Crippen LogP contribution in [0.25, 0.3) is 11.1 Å². The number of hydrogen-bond donors (Lipinski definition) is 2. The number of thioether (sulfide) groups is 1. The maximum Gasteiger partial charge on any atom is 0.00766 e. The van der Waals surface area contributed by atoms with Gasteiger partial charge in [-0.2, -0.15) is 0 Å². The molecule has 0 fully saturated rings. The Morgan fingerprint density at radius 3 is 1.78 bits per heavy atom. The van der Waals surface area contributed by atoms with Gasteiger partial charge in [0.2, 0.25) is 0 Å². The van der Waals surface area contributed by atoms with Crippen LogP contribution in [0, 0.1) is 0 Å². The van der Waals surface area contributed by atoms with Gasteiger partial charge in [-0.3, -0.25) is 0 Å². The Hall–Kier alpha value is -1.29. The summed E-state index contributed by atoms with van der Waals surface area (Å²) in [5.74, 6) is 0. The molecule has 126 valence electrons. The first-order valence-electron chi connectivity index (χ1n) is 8.33. The van der Waals surface area contributed by atoms with Crippen LogP contribution < -0.4 is 11.5 Å². The van der Waals surface area contributed by atoms with E-state index >= 15 is 0 Å². The van der Waals surface area contributed by atoms with Gasteiger partial charge in [0.25, 0.3) is 0 Å². The van der Waals surface area contributed by atoms with E-state index in [0.29, 0.717) is 0 Å². The average molecular weight is 331 g/mol. The number of rotatable bonds is 6. The maximum atomic E-state index is 5.98. The second-order valence-corrected chi connectivity index (χ2v) is 6.47. The van der Waals surface area contributed by atoms with Crippen LogP contribution in [0.5, 0.6) is 0 Å². The predicted molar refractivity (Wildman–Crippen MR) is 105 cm³/mol. The van der Waals surface area contributed by atoms with E-state index in [4.69, 9.17) is 11.5 Å². The van der Waals surface area contributed by atoms with E-state index in [1.807, 2.05) is 0 Å². The highest BCUT2D eigenvalue weighted by molar-refractivity contribution is 7.98. The molecule has 1 unspecified atom stereocenters. The Kier molecular flexibility index (Phi) is 9.69. The minimum atomic E-state index is 0.270. The van der Waals surface area contributed by atoms with Crippen molar-refractivity contribution in [3.63, 3.8) is 0 Å². The Balaban J connectivity index is 0.000000593. The van der Waals surface area contributed by atoms with Gasteiger partial charge in [-0.1, -0.05) is 50.2 Å². The summed E-state index contributed by atoms with van der Waals surface area (Å²) < 4.78 is 0. The van der Waals surface area contributed by atoms with Crippen LogP contribution in [-0.4, -0.2) is 18.8 Å². The number of benzene rings is 2. The molecule has 0 spiro atoms. The first-order chi connectivity index (χ1) is 11.1. The van der Waals surface area contributed by atoms with Crippen LogP contribution in [0.1, 0.15) is 32.3 Å². The van der Waals surface area contributed by atoms with E-state index in [-0.39, 0.29) is 6.04 Å². The van der Waals surface area contributed by atoms with Gasteiger partial charge >= 0.3 is 0 Å². The lowest BCUT2D eigenvalue weighted by atomic mass is 10.0. The normalized spacial score (nSPS) is 11.5. The topological polar surface area (TPSA) is 52.0 Å². The van der Waals surface area contributed by atoms with E-state index in [0.717, 1.165) is 25.8 Å². The molecule has 0 radical (unpaired) electrons.